The lowest BCUT2D eigenvalue weighted by Crippen LogP contribution is -1.92. The fourth-order valence-electron chi connectivity index (χ4n) is 3.14. The van der Waals surface area contributed by atoms with Gasteiger partial charge < -0.3 is 4.74 Å². The third-order valence-electron chi connectivity index (χ3n) is 4.88. The van der Waals surface area contributed by atoms with Crippen LogP contribution in [0.15, 0.2) is 36.5 Å². The van der Waals surface area contributed by atoms with E-state index in [0.717, 1.165) is 6.42 Å². The van der Waals surface area contributed by atoms with E-state index < -0.39 is 0 Å². The first kappa shape index (κ1) is 25.7. The first-order chi connectivity index (χ1) is 13.3. The molecule has 0 radical (unpaired) electrons. The van der Waals surface area contributed by atoms with Gasteiger partial charge in [-0.05, 0) is 12.8 Å². The molecule has 2 nitrogen and oxygen atoms in total. The van der Waals surface area contributed by atoms with Crippen LogP contribution in [0, 0.1) is 0 Å². The van der Waals surface area contributed by atoms with E-state index in [0.29, 0.717) is 0 Å². The largest absolute Gasteiger partial charge is 0.466 e. The van der Waals surface area contributed by atoms with Crippen LogP contribution in [0.4, 0.5) is 0 Å². The highest BCUT2D eigenvalue weighted by atomic mass is 16.5. The van der Waals surface area contributed by atoms with Crippen molar-refractivity contribution in [2.24, 2.45) is 0 Å². The summed E-state index contributed by atoms with van der Waals surface area (Å²) in [6.07, 6.45) is 33.5. The fourth-order valence-corrected chi connectivity index (χ4v) is 3.14. The Hall–Kier alpha value is -1.31. The summed E-state index contributed by atoms with van der Waals surface area (Å²) in [6.45, 7) is 2.28. The molecule has 27 heavy (non-hydrogen) atoms. The van der Waals surface area contributed by atoms with Crippen molar-refractivity contribution in [3.05, 3.63) is 36.5 Å². The molecular weight excluding hydrogens is 332 g/mol. The van der Waals surface area contributed by atoms with Crippen LogP contribution in [0.1, 0.15) is 110 Å². The van der Waals surface area contributed by atoms with Gasteiger partial charge in [0.15, 0.2) is 0 Å². The van der Waals surface area contributed by atoms with Crippen molar-refractivity contribution >= 4 is 5.97 Å². The van der Waals surface area contributed by atoms with E-state index in [2.05, 4.69) is 17.7 Å². The van der Waals surface area contributed by atoms with Crippen LogP contribution in [0.2, 0.25) is 0 Å². The molecule has 0 saturated heterocycles. The third kappa shape index (κ3) is 22.6. The van der Waals surface area contributed by atoms with Crippen molar-refractivity contribution < 1.29 is 9.53 Å². The van der Waals surface area contributed by atoms with E-state index in [1.54, 1.807) is 6.08 Å². The Balaban J connectivity index is 3.20. The van der Waals surface area contributed by atoms with E-state index >= 15 is 0 Å². The SMILES string of the molecule is CCCCCCCCCCCCCCCCCC=CC=CC=CC(=O)OC. The van der Waals surface area contributed by atoms with Crippen LogP contribution in [-0.2, 0) is 9.53 Å². The van der Waals surface area contributed by atoms with Crippen LogP contribution in [0.5, 0.6) is 0 Å². The molecule has 0 spiro atoms. The fraction of sp³-hybridized carbons (Fsp3) is 0.720. The second kappa shape index (κ2) is 22.7. The zero-order valence-corrected chi connectivity index (χ0v) is 18.1. The van der Waals surface area contributed by atoms with Crippen molar-refractivity contribution in [3.8, 4) is 0 Å². The standard InChI is InChI=1S/C25H44O2/c1-3-4-5-6-7-8-9-10-11-12-13-14-15-16-17-18-19-20-21-22-23-24-25(26)27-2/h19-24H,3-18H2,1-2H3. The maximum atomic E-state index is 10.9. The van der Waals surface area contributed by atoms with Gasteiger partial charge in [-0.15, -0.1) is 0 Å². The van der Waals surface area contributed by atoms with Crippen molar-refractivity contribution in [2.45, 2.75) is 110 Å². The van der Waals surface area contributed by atoms with Crippen LogP contribution in [0.3, 0.4) is 0 Å². The Morgan fingerprint density at radius 2 is 1.07 bits per heavy atom. The van der Waals surface area contributed by atoms with Gasteiger partial charge in [0.05, 0.1) is 7.11 Å². The van der Waals surface area contributed by atoms with Gasteiger partial charge in [-0.25, -0.2) is 4.79 Å². The summed E-state index contributed by atoms with van der Waals surface area (Å²) in [6, 6.07) is 0. The molecular formula is C25H44O2. The summed E-state index contributed by atoms with van der Waals surface area (Å²) in [5, 5.41) is 0. The molecule has 0 heterocycles. The van der Waals surface area contributed by atoms with E-state index in [9.17, 15) is 4.79 Å². The van der Waals surface area contributed by atoms with Gasteiger partial charge in [0.1, 0.15) is 0 Å². The predicted octanol–water partition coefficient (Wildman–Crippen LogP) is 8.09. The number of carbonyl (C=O) groups excluding carboxylic acids is 1. The third-order valence-corrected chi connectivity index (χ3v) is 4.88. The Kier molecular flexibility index (Phi) is 21.6. The van der Waals surface area contributed by atoms with E-state index in [-0.39, 0.29) is 5.97 Å². The highest BCUT2D eigenvalue weighted by Gasteiger charge is 1.94. The first-order valence-electron chi connectivity index (χ1n) is 11.4. The number of hydrogen-bond donors (Lipinski definition) is 0. The zero-order valence-electron chi connectivity index (χ0n) is 18.1. The number of unbranched alkanes of at least 4 members (excludes halogenated alkanes) is 15. The predicted molar refractivity (Wildman–Crippen MR) is 119 cm³/mol. The molecule has 156 valence electrons. The lowest BCUT2D eigenvalue weighted by molar-refractivity contribution is -0.134. The molecule has 0 atom stereocenters. The molecule has 0 aromatic heterocycles. The molecule has 0 rings (SSSR count). The molecule has 2 heteroatoms. The van der Waals surface area contributed by atoms with Gasteiger partial charge in [0, 0.05) is 6.08 Å². The molecule has 0 aliphatic rings. The molecule has 0 aromatic rings. The average Bonchev–Trinajstić information content (AvgIpc) is 2.68. The maximum Gasteiger partial charge on any atom is 0.330 e. The number of esters is 1. The highest BCUT2D eigenvalue weighted by Crippen LogP contribution is 2.13. The Labute approximate surface area is 169 Å². The van der Waals surface area contributed by atoms with Crippen LogP contribution in [0.25, 0.3) is 0 Å². The number of methoxy groups -OCH3 is 1. The average molecular weight is 377 g/mol. The number of rotatable bonds is 19. The maximum absolute atomic E-state index is 10.9. The molecule has 0 bridgehead atoms. The minimum atomic E-state index is -0.318. The number of ether oxygens (including phenoxy) is 1. The summed E-state index contributed by atoms with van der Waals surface area (Å²) in [5.41, 5.74) is 0. The second-order valence-corrected chi connectivity index (χ2v) is 7.43. The lowest BCUT2D eigenvalue weighted by atomic mass is 10.0. The minimum absolute atomic E-state index is 0.318. The zero-order chi connectivity index (χ0) is 19.8. The second-order valence-electron chi connectivity index (χ2n) is 7.43. The normalized spacial score (nSPS) is 11.9. The molecule has 0 fully saturated rings. The molecule has 0 aliphatic heterocycles. The molecule has 0 N–H and O–H groups in total. The van der Waals surface area contributed by atoms with Gasteiger partial charge in [0.25, 0.3) is 0 Å². The summed E-state index contributed by atoms with van der Waals surface area (Å²) in [7, 11) is 1.38. The van der Waals surface area contributed by atoms with Gasteiger partial charge in [-0.3, -0.25) is 0 Å². The lowest BCUT2D eigenvalue weighted by Gasteiger charge is -2.03. The van der Waals surface area contributed by atoms with Crippen LogP contribution < -0.4 is 0 Å². The molecule has 0 amide bonds. The van der Waals surface area contributed by atoms with Crippen LogP contribution >= 0.6 is 0 Å². The molecule has 0 aromatic carbocycles. The molecule has 0 unspecified atom stereocenters. The van der Waals surface area contributed by atoms with E-state index in [1.165, 1.54) is 109 Å². The Morgan fingerprint density at radius 1 is 0.630 bits per heavy atom. The van der Waals surface area contributed by atoms with Crippen molar-refractivity contribution in [2.75, 3.05) is 7.11 Å². The van der Waals surface area contributed by atoms with Gasteiger partial charge >= 0.3 is 5.97 Å². The van der Waals surface area contributed by atoms with Crippen molar-refractivity contribution in [1.29, 1.82) is 0 Å². The topological polar surface area (TPSA) is 26.3 Å². The van der Waals surface area contributed by atoms with E-state index in [4.69, 9.17) is 0 Å². The summed E-state index contributed by atoms with van der Waals surface area (Å²) in [5.74, 6) is -0.318. The van der Waals surface area contributed by atoms with E-state index in [1.807, 2.05) is 18.2 Å². The summed E-state index contributed by atoms with van der Waals surface area (Å²) in [4.78, 5) is 10.9. The van der Waals surface area contributed by atoms with Gasteiger partial charge in [-0.2, -0.15) is 0 Å². The summed E-state index contributed by atoms with van der Waals surface area (Å²) >= 11 is 0. The molecule has 0 saturated carbocycles. The minimum Gasteiger partial charge on any atom is -0.466 e. The highest BCUT2D eigenvalue weighted by molar-refractivity contribution is 5.82. The van der Waals surface area contributed by atoms with Crippen molar-refractivity contribution in [3.63, 3.8) is 0 Å². The summed E-state index contributed by atoms with van der Waals surface area (Å²) < 4.78 is 4.52. The monoisotopic (exact) mass is 376 g/mol. The van der Waals surface area contributed by atoms with Gasteiger partial charge in [0.2, 0.25) is 0 Å². The Bertz CT molecular complexity index is 393. The Morgan fingerprint density at radius 3 is 1.56 bits per heavy atom. The van der Waals surface area contributed by atoms with Crippen LogP contribution in [-0.4, -0.2) is 13.1 Å². The first-order valence-corrected chi connectivity index (χ1v) is 11.4. The molecule has 0 aliphatic carbocycles. The number of carbonyl (C=O) groups is 1. The number of hydrogen-bond acceptors (Lipinski definition) is 2. The number of allylic oxidation sites excluding steroid dienone is 5. The smallest absolute Gasteiger partial charge is 0.330 e. The quantitative estimate of drug-likeness (QED) is 0.0985. The van der Waals surface area contributed by atoms with Crippen molar-refractivity contribution in [1.82, 2.24) is 0 Å². The van der Waals surface area contributed by atoms with Gasteiger partial charge in [-0.1, -0.05) is 127 Å².